The number of benzene rings is 9. The highest BCUT2D eigenvalue weighted by atomic mass is 16.5. The molecule has 0 saturated heterocycles. The van der Waals surface area contributed by atoms with Crippen molar-refractivity contribution in [1.82, 2.24) is 9.97 Å². The van der Waals surface area contributed by atoms with Gasteiger partial charge in [-0.2, -0.15) is 0 Å². The van der Waals surface area contributed by atoms with Crippen LogP contribution in [0.25, 0.3) is 77.7 Å². The summed E-state index contributed by atoms with van der Waals surface area (Å²) in [5.74, 6) is 2.38. The number of rotatable bonds is 4. The molecule has 61 heavy (non-hydrogen) atoms. The molecule has 0 saturated carbocycles. The highest BCUT2D eigenvalue weighted by molar-refractivity contribution is 6.03. The largest absolute Gasteiger partial charge is 0.457 e. The number of aryl methyl sites for hydroxylation is 2. The number of ether oxygens (including phenoxy) is 1. The van der Waals surface area contributed by atoms with Gasteiger partial charge in [-0.05, 0) is 115 Å². The summed E-state index contributed by atoms with van der Waals surface area (Å²) in [5, 5.41) is 4.96. The molecule has 0 bridgehead atoms. The van der Waals surface area contributed by atoms with E-state index in [1.54, 1.807) is 0 Å². The van der Waals surface area contributed by atoms with Crippen molar-refractivity contribution < 1.29 is 4.74 Å². The maximum atomic E-state index is 6.80. The van der Waals surface area contributed by atoms with E-state index in [1.165, 1.54) is 38.4 Å². The van der Waals surface area contributed by atoms with Gasteiger partial charge in [-0.15, -0.1) is 0 Å². The molecule has 3 aliphatic rings. The highest BCUT2D eigenvalue weighted by Gasteiger charge is 2.52. The second-order valence-corrected chi connectivity index (χ2v) is 16.6. The van der Waals surface area contributed by atoms with Crippen molar-refractivity contribution in [3.05, 3.63) is 221 Å². The molecule has 1 aromatic heterocycles. The van der Waals surface area contributed by atoms with Gasteiger partial charge in [0, 0.05) is 33.5 Å². The molecule has 1 spiro atoms. The van der Waals surface area contributed by atoms with E-state index in [4.69, 9.17) is 20.4 Å². The number of nitrogens with two attached hydrogens (primary N) is 1. The fourth-order valence-corrected chi connectivity index (χ4v) is 10.8. The summed E-state index contributed by atoms with van der Waals surface area (Å²) in [5.41, 5.74) is 23.2. The lowest BCUT2D eigenvalue weighted by Gasteiger charge is -2.39. The molecule has 0 fully saturated rings. The summed E-state index contributed by atoms with van der Waals surface area (Å²) in [6.45, 7) is 0. The number of fused-ring (bicyclic) bond motifs is 10. The number of para-hydroxylation sites is 1. The van der Waals surface area contributed by atoms with Crippen LogP contribution in [0.1, 0.15) is 33.4 Å². The van der Waals surface area contributed by atoms with Crippen LogP contribution < -0.4 is 10.5 Å². The van der Waals surface area contributed by atoms with Gasteiger partial charge in [0.1, 0.15) is 11.5 Å². The van der Waals surface area contributed by atoms with Crippen molar-refractivity contribution in [2.45, 2.75) is 18.3 Å². The second-order valence-electron chi connectivity index (χ2n) is 16.6. The lowest BCUT2D eigenvalue weighted by Crippen LogP contribution is -2.32. The van der Waals surface area contributed by atoms with E-state index >= 15 is 0 Å². The molecule has 0 amide bonds. The lowest BCUT2D eigenvalue weighted by molar-refractivity contribution is 0.436. The minimum atomic E-state index is -0.684. The number of aromatic nitrogens is 2. The number of hydrogen-bond donors (Lipinski definition) is 1. The van der Waals surface area contributed by atoms with Gasteiger partial charge in [0.25, 0.3) is 0 Å². The van der Waals surface area contributed by atoms with Gasteiger partial charge in [0.15, 0.2) is 5.82 Å². The first kappa shape index (κ1) is 34.1. The molecule has 286 valence electrons. The normalized spacial score (nSPS) is 15.3. The van der Waals surface area contributed by atoms with Gasteiger partial charge in [0.2, 0.25) is 0 Å². The van der Waals surface area contributed by atoms with Crippen LogP contribution in [0.2, 0.25) is 0 Å². The summed E-state index contributed by atoms with van der Waals surface area (Å²) in [6.07, 6.45) is 2.14. The molecule has 2 N–H and O–H groups in total. The molecule has 4 nitrogen and oxygen atoms in total. The lowest BCUT2D eigenvalue weighted by atomic mass is 9.65. The first-order chi connectivity index (χ1) is 30.1. The monoisotopic (exact) mass is 779 g/mol. The Morgan fingerprint density at radius 1 is 0.443 bits per heavy atom. The van der Waals surface area contributed by atoms with Crippen molar-refractivity contribution in [1.29, 1.82) is 0 Å². The van der Waals surface area contributed by atoms with E-state index in [2.05, 4.69) is 170 Å². The fraction of sp³-hybridized carbons (Fsp3) is 0.0526. The number of anilines is 1. The van der Waals surface area contributed by atoms with Gasteiger partial charge in [-0.3, -0.25) is 0 Å². The van der Waals surface area contributed by atoms with E-state index in [1.807, 2.05) is 18.2 Å². The highest BCUT2D eigenvalue weighted by Crippen LogP contribution is 2.63. The van der Waals surface area contributed by atoms with Crippen LogP contribution >= 0.6 is 0 Å². The van der Waals surface area contributed by atoms with Gasteiger partial charge in [0.05, 0.1) is 16.8 Å². The van der Waals surface area contributed by atoms with E-state index in [0.29, 0.717) is 5.82 Å². The Morgan fingerprint density at radius 3 is 1.98 bits per heavy atom. The summed E-state index contributed by atoms with van der Waals surface area (Å²) in [4.78, 5) is 11.2. The van der Waals surface area contributed by atoms with Crippen molar-refractivity contribution in [2.24, 2.45) is 0 Å². The predicted octanol–water partition coefficient (Wildman–Crippen LogP) is 13.6. The minimum Gasteiger partial charge on any atom is -0.457 e. The molecule has 1 atom stereocenters. The Labute approximate surface area is 353 Å². The first-order valence-corrected chi connectivity index (χ1v) is 21.1. The Kier molecular flexibility index (Phi) is 7.17. The zero-order valence-corrected chi connectivity index (χ0v) is 33.2. The first-order valence-electron chi connectivity index (χ1n) is 21.1. The molecule has 13 rings (SSSR count). The van der Waals surface area contributed by atoms with Crippen LogP contribution in [-0.4, -0.2) is 9.97 Å². The van der Waals surface area contributed by atoms with Crippen molar-refractivity contribution >= 4 is 27.2 Å². The number of hydrogen-bond acceptors (Lipinski definition) is 4. The van der Waals surface area contributed by atoms with Gasteiger partial charge >= 0.3 is 0 Å². The van der Waals surface area contributed by atoms with Crippen LogP contribution in [0.4, 0.5) is 5.69 Å². The Morgan fingerprint density at radius 2 is 1.08 bits per heavy atom. The zero-order valence-electron chi connectivity index (χ0n) is 33.2. The van der Waals surface area contributed by atoms with Crippen molar-refractivity contribution in [3.63, 3.8) is 0 Å². The van der Waals surface area contributed by atoms with Crippen LogP contribution in [0, 0.1) is 0 Å². The topological polar surface area (TPSA) is 61.0 Å². The summed E-state index contributed by atoms with van der Waals surface area (Å²) < 4.78 is 6.80. The van der Waals surface area contributed by atoms with E-state index in [0.717, 1.165) is 96.9 Å². The molecule has 0 radical (unpaired) electrons. The van der Waals surface area contributed by atoms with Crippen LogP contribution in [0.5, 0.6) is 11.5 Å². The average Bonchev–Trinajstić information content (AvgIpc) is 3.87. The Bertz CT molecular complexity index is 3480. The van der Waals surface area contributed by atoms with E-state index in [9.17, 15) is 0 Å². The van der Waals surface area contributed by atoms with Crippen LogP contribution in [-0.2, 0) is 18.3 Å². The molecular formula is C57H37N3O. The van der Waals surface area contributed by atoms with E-state index in [-0.39, 0.29) is 0 Å². The molecular weight excluding hydrogens is 743 g/mol. The zero-order chi connectivity index (χ0) is 40.2. The quantitative estimate of drug-likeness (QED) is 0.181. The third kappa shape index (κ3) is 4.87. The van der Waals surface area contributed by atoms with E-state index < -0.39 is 5.41 Å². The standard InChI is InChI=1S/C57H37N3O/c58-39-15-7-14-37(31-39)38-28-30-53-49(32-38)57(47-22-5-6-24-52(47)61-53)46-21-4-3-17-44(46)55-45(20-10-23-48(55)57)56-59-50(41-18-8-12-34-11-1-2-16-40(34)41)33-51(60-56)42-29-27-36-26-25-35-13-9-19-43(42)54(35)36/h1-24,27-33H,25-26,58H2. The summed E-state index contributed by atoms with van der Waals surface area (Å²) in [6, 6.07) is 67.4. The molecule has 10 aromatic rings. The van der Waals surface area contributed by atoms with Crippen LogP contribution in [0.3, 0.4) is 0 Å². The fourth-order valence-electron chi connectivity index (χ4n) is 10.8. The van der Waals surface area contributed by atoms with Gasteiger partial charge < -0.3 is 10.5 Å². The Hall–Kier alpha value is -7.82. The molecule has 4 heteroatoms. The van der Waals surface area contributed by atoms with Crippen LogP contribution in [0.15, 0.2) is 188 Å². The van der Waals surface area contributed by atoms with Crippen molar-refractivity contribution in [2.75, 3.05) is 5.73 Å². The summed E-state index contributed by atoms with van der Waals surface area (Å²) >= 11 is 0. The number of nitrogens with zero attached hydrogens (tertiary/aromatic N) is 2. The maximum absolute atomic E-state index is 6.80. The summed E-state index contributed by atoms with van der Waals surface area (Å²) in [7, 11) is 0. The predicted molar refractivity (Wildman–Crippen MR) is 248 cm³/mol. The van der Waals surface area contributed by atoms with Gasteiger partial charge in [-0.1, -0.05) is 152 Å². The van der Waals surface area contributed by atoms with Gasteiger partial charge in [-0.25, -0.2) is 9.97 Å². The third-order valence-electron chi connectivity index (χ3n) is 13.4. The molecule has 1 unspecified atom stereocenters. The molecule has 1 aliphatic heterocycles. The molecule has 9 aromatic carbocycles. The SMILES string of the molecule is Nc1cccc(-c2ccc3c(c2)C2(c4ccccc4O3)c3ccccc3-c3c(-c4nc(-c5cccc6ccccc56)cc(-c5ccc6c7c(cccc57)CC6)n4)cccc32)c1. The maximum Gasteiger partial charge on any atom is 0.161 e. The number of nitrogen functional groups attached to an aromatic ring is 1. The second kappa shape index (κ2) is 12.8. The smallest absolute Gasteiger partial charge is 0.161 e. The third-order valence-corrected chi connectivity index (χ3v) is 13.4. The molecule has 2 heterocycles. The Balaban J connectivity index is 1.11. The average molecular weight is 780 g/mol. The van der Waals surface area contributed by atoms with Crippen molar-refractivity contribution in [3.8, 4) is 67.7 Å². The molecule has 2 aliphatic carbocycles. The minimum absolute atomic E-state index is 0.684.